The molecule has 1 aliphatic heterocycles. The number of amides is 1. The molecule has 3 rings (SSSR count). The molecule has 4 nitrogen and oxygen atoms in total. The molecule has 1 aliphatic rings. The average Bonchev–Trinajstić information content (AvgIpc) is 2.88. The van der Waals surface area contributed by atoms with Gasteiger partial charge >= 0.3 is 0 Å². The molecule has 0 radical (unpaired) electrons. The van der Waals surface area contributed by atoms with Gasteiger partial charge in [0.15, 0.2) is 5.17 Å². The topological polar surface area (TPSA) is 61.7 Å². The summed E-state index contributed by atoms with van der Waals surface area (Å²) < 4.78 is 0. The zero-order valence-electron chi connectivity index (χ0n) is 14.7. The van der Waals surface area contributed by atoms with Crippen molar-refractivity contribution < 1.29 is 9.90 Å². The van der Waals surface area contributed by atoms with Crippen LogP contribution in [-0.2, 0) is 4.79 Å². The van der Waals surface area contributed by atoms with Gasteiger partial charge in [-0.3, -0.25) is 4.79 Å². The maximum atomic E-state index is 12.2. The van der Waals surface area contributed by atoms with Crippen molar-refractivity contribution in [1.82, 2.24) is 5.32 Å². The number of carbonyl (C=O) groups is 1. The molecule has 0 aromatic heterocycles. The van der Waals surface area contributed by atoms with Gasteiger partial charge in [0.2, 0.25) is 0 Å². The Balaban J connectivity index is 1.87. The lowest BCUT2D eigenvalue weighted by Crippen LogP contribution is -2.19. The molecule has 128 valence electrons. The van der Waals surface area contributed by atoms with E-state index in [0.717, 1.165) is 22.4 Å². The molecule has 0 aliphatic carbocycles. The second kappa shape index (κ2) is 6.76. The quantitative estimate of drug-likeness (QED) is 0.781. The van der Waals surface area contributed by atoms with Crippen LogP contribution in [0.2, 0.25) is 0 Å². The van der Waals surface area contributed by atoms with E-state index >= 15 is 0 Å². The van der Waals surface area contributed by atoms with Gasteiger partial charge in [0.25, 0.3) is 5.91 Å². The van der Waals surface area contributed by atoms with Crippen LogP contribution < -0.4 is 5.32 Å². The van der Waals surface area contributed by atoms with Crippen LogP contribution >= 0.6 is 11.8 Å². The Hall–Kier alpha value is -2.53. The lowest BCUT2D eigenvalue weighted by molar-refractivity contribution is -0.115. The van der Waals surface area contributed by atoms with Gasteiger partial charge in [-0.05, 0) is 97.6 Å². The molecule has 1 fully saturated rings. The molecule has 0 saturated carbocycles. The molecule has 2 aromatic carbocycles. The zero-order valence-corrected chi connectivity index (χ0v) is 15.5. The number of benzene rings is 2. The maximum Gasteiger partial charge on any atom is 0.264 e. The molecule has 1 heterocycles. The first-order valence-electron chi connectivity index (χ1n) is 8.00. The number of aromatic hydroxyl groups is 1. The van der Waals surface area contributed by atoms with Crippen LogP contribution in [0.15, 0.2) is 40.2 Å². The Morgan fingerprint density at radius 2 is 1.68 bits per heavy atom. The number of rotatable bonds is 2. The Labute approximate surface area is 151 Å². The molecular weight excluding hydrogens is 332 g/mol. The largest absolute Gasteiger partial charge is 0.507 e. The first-order valence-corrected chi connectivity index (χ1v) is 8.82. The predicted molar refractivity (Wildman–Crippen MR) is 104 cm³/mol. The maximum absolute atomic E-state index is 12.2. The third kappa shape index (κ3) is 3.77. The fourth-order valence-corrected chi connectivity index (χ4v) is 3.46. The zero-order chi connectivity index (χ0) is 18.1. The summed E-state index contributed by atoms with van der Waals surface area (Å²) in [4.78, 5) is 17.3. The fraction of sp³-hybridized carbons (Fsp3) is 0.200. The standard InChI is InChI=1S/C20H20N2O2S/c1-11-5-6-16(9-12(11)2)21-20-22-19(24)17(25-20)10-15-7-13(3)18(23)14(4)8-15/h5-10,23H,1-4H3,(H,21,22,24). The van der Waals surface area contributed by atoms with Crippen molar-refractivity contribution in [2.45, 2.75) is 27.7 Å². The molecule has 2 aromatic rings. The Bertz CT molecular complexity index is 906. The van der Waals surface area contributed by atoms with Gasteiger partial charge < -0.3 is 10.4 Å². The van der Waals surface area contributed by atoms with E-state index in [2.05, 4.69) is 17.2 Å². The number of hydrogen-bond donors (Lipinski definition) is 2. The van der Waals surface area contributed by atoms with E-state index in [4.69, 9.17) is 0 Å². The number of phenolic OH excluding ortho intramolecular Hbond substituents is 1. The number of carbonyl (C=O) groups excluding carboxylic acids is 1. The van der Waals surface area contributed by atoms with Gasteiger partial charge in [0.05, 0.1) is 10.6 Å². The van der Waals surface area contributed by atoms with E-state index in [-0.39, 0.29) is 5.91 Å². The summed E-state index contributed by atoms with van der Waals surface area (Å²) in [6, 6.07) is 9.69. The smallest absolute Gasteiger partial charge is 0.264 e. The summed E-state index contributed by atoms with van der Waals surface area (Å²) in [5, 5.41) is 13.2. The summed E-state index contributed by atoms with van der Waals surface area (Å²) in [5.74, 6) is 0.138. The van der Waals surface area contributed by atoms with Crippen LogP contribution in [0.5, 0.6) is 5.75 Å². The highest BCUT2D eigenvalue weighted by Crippen LogP contribution is 2.30. The number of amidine groups is 1. The number of aryl methyl sites for hydroxylation is 4. The van der Waals surface area contributed by atoms with Crippen molar-refractivity contribution in [2.75, 3.05) is 0 Å². The lowest BCUT2D eigenvalue weighted by Gasteiger charge is -2.05. The van der Waals surface area contributed by atoms with E-state index in [0.29, 0.717) is 15.8 Å². The van der Waals surface area contributed by atoms with Crippen molar-refractivity contribution in [3.05, 3.63) is 63.1 Å². The minimum atomic E-state index is -0.157. The van der Waals surface area contributed by atoms with Gasteiger partial charge in [0, 0.05) is 0 Å². The van der Waals surface area contributed by atoms with E-state index in [1.54, 1.807) is 0 Å². The molecule has 25 heavy (non-hydrogen) atoms. The van der Waals surface area contributed by atoms with E-state index < -0.39 is 0 Å². The highest BCUT2D eigenvalue weighted by Gasteiger charge is 2.24. The van der Waals surface area contributed by atoms with Crippen LogP contribution in [0.4, 0.5) is 5.69 Å². The predicted octanol–water partition coefficient (Wildman–Crippen LogP) is 4.52. The average molecular weight is 352 g/mol. The summed E-state index contributed by atoms with van der Waals surface area (Å²) in [7, 11) is 0. The van der Waals surface area contributed by atoms with Crippen LogP contribution in [0.25, 0.3) is 6.08 Å². The number of phenols is 1. The molecule has 0 unspecified atom stereocenters. The van der Waals surface area contributed by atoms with Gasteiger partial charge in [-0.2, -0.15) is 0 Å². The third-order valence-electron chi connectivity index (χ3n) is 4.18. The van der Waals surface area contributed by atoms with Crippen molar-refractivity contribution >= 4 is 34.6 Å². The molecule has 2 N–H and O–H groups in total. The van der Waals surface area contributed by atoms with Crippen molar-refractivity contribution in [3.63, 3.8) is 0 Å². The minimum Gasteiger partial charge on any atom is -0.507 e. The van der Waals surface area contributed by atoms with E-state index in [1.807, 2.05) is 57.2 Å². The third-order valence-corrected chi connectivity index (χ3v) is 5.09. The molecule has 1 amide bonds. The van der Waals surface area contributed by atoms with Crippen molar-refractivity contribution in [1.29, 1.82) is 0 Å². The molecule has 5 heteroatoms. The number of nitrogens with zero attached hydrogens (tertiary/aromatic N) is 1. The number of nitrogens with one attached hydrogen (secondary N) is 1. The minimum absolute atomic E-state index is 0.157. The first-order chi connectivity index (χ1) is 11.8. The van der Waals surface area contributed by atoms with Crippen LogP contribution in [0.3, 0.4) is 0 Å². The van der Waals surface area contributed by atoms with Gasteiger partial charge in [-0.1, -0.05) is 6.07 Å². The van der Waals surface area contributed by atoms with Crippen LogP contribution in [0.1, 0.15) is 27.8 Å². The summed E-state index contributed by atoms with van der Waals surface area (Å²) in [6.07, 6.45) is 1.82. The molecule has 1 saturated heterocycles. The number of aliphatic imine (C=N–C) groups is 1. The van der Waals surface area contributed by atoms with E-state index in [9.17, 15) is 9.90 Å². The summed E-state index contributed by atoms with van der Waals surface area (Å²) in [6.45, 7) is 7.79. The normalized spacial score (nSPS) is 17.4. The second-order valence-electron chi connectivity index (χ2n) is 6.25. The molecule has 0 atom stereocenters. The Morgan fingerprint density at radius 1 is 1.00 bits per heavy atom. The Morgan fingerprint density at radius 3 is 2.32 bits per heavy atom. The van der Waals surface area contributed by atoms with Crippen molar-refractivity contribution in [2.24, 2.45) is 4.99 Å². The SMILES string of the molecule is Cc1ccc(N=C2NC(=O)C(=Cc3cc(C)c(O)c(C)c3)S2)cc1C. The summed E-state index contributed by atoms with van der Waals surface area (Å²) in [5.41, 5.74) is 5.67. The van der Waals surface area contributed by atoms with E-state index in [1.165, 1.54) is 22.9 Å². The lowest BCUT2D eigenvalue weighted by atomic mass is 10.1. The summed E-state index contributed by atoms with van der Waals surface area (Å²) >= 11 is 1.32. The molecule has 0 bridgehead atoms. The van der Waals surface area contributed by atoms with Crippen LogP contribution in [0, 0.1) is 27.7 Å². The molecule has 0 spiro atoms. The highest BCUT2D eigenvalue weighted by atomic mass is 32.2. The first kappa shape index (κ1) is 17.3. The monoisotopic (exact) mass is 352 g/mol. The number of hydrogen-bond acceptors (Lipinski definition) is 4. The van der Waals surface area contributed by atoms with Crippen molar-refractivity contribution in [3.8, 4) is 5.75 Å². The second-order valence-corrected chi connectivity index (χ2v) is 7.28. The molecular formula is C20H20N2O2S. The highest BCUT2D eigenvalue weighted by molar-refractivity contribution is 8.18. The number of thioether (sulfide) groups is 1. The Kier molecular flexibility index (Phi) is 4.68. The van der Waals surface area contributed by atoms with Gasteiger partial charge in [-0.15, -0.1) is 0 Å². The fourth-order valence-electron chi connectivity index (χ4n) is 2.62. The van der Waals surface area contributed by atoms with Crippen LogP contribution in [-0.4, -0.2) is 16.2 Å². The van der Waals surface area contributed by atoms with Gasteiger partial charge in [-0.25, -0.2) is 4.99 Å². The van der Waals surface area contributed by atoms with Gasteiger partial charge in [0.1, 0.15) is 5.75 Å².